The molecule has 1 heterocycles. The molecule has 1 aromatic heterocycles. The molecule has 0 aliphatic heterocycles. The Balaban J connectivity index is 0.000000296. The van der Waals surface area contributed by atoms with E-state index in [0.717, 1.165) is 34.9 Å². The summed E-state index contributed by atoms with van der Waals surface area (Å²) in [5.74, 6) is 1.61. The van der Waals surface area contributed by atoms with Crippen LogP contribution in [-0.4, -0.2) is 46.0 Å². The topological polar surface area (TPSA) is 93.5 Å². The molecule has 0 aliphatic carbocycles. The Kier molecular flexibility index (Phi) is 11.6. The van der Waals surface area contributed by atoms with Crippen molar-refractivity contribution in [2.24, 2.45) is 5.73 Å². The van der Waals surface area contributed by atoms with Crippen LogP contribution in [0.5, 0.6) is 11.5 Å². The van der Waals surface area contributed by atoms with E-state index in [1.807, 2.05) is 56.6 Å². The predicted molar refractivity (Wildman–Crippen MR) is 121 cm³/mol. The van der Waals surface area contributed by atoms with Gasteiger partial charge in [0.15, 0.2) is 0 Å². The number of nitrogens with two attached hydrogens (primary N) is 1. The molecule has 29 heavy (non-hydrogen) atoms. The van der Waals surface area contributed by atoms with Crippen LogP contribution >= 0.6 is 0 Å². The van der Waals surface area contributed by atoms with Crippen molar-refractivity contribution in [3.63, 3.8) is 0 Å². The van der Waals surface area contributed by atoms with Crippen LogP contribution in [0.1, 0.15) is 12.5 Å². The molecule has 5 N–H and O–H groups in total. The number of pyridine rings is 1. The van der Waals surface area contributed by atoms with E-state index in [-0.39, 0.29) is 6.17 Å². The van der Waals surface area contributed by atoms with Gasteiger partial charge >= 0.3 is 0 Å². The van der Waals surface area contributed by atoms with Gasteiger partial charge in [-0.2, -0.15) is 0 Å². The quantitative estimate of drug-likeness (QED) is 0.380. The SMILES string of the molecule is CNC(C)Nc1cccc(OC)c1.CNCC(=C\N)/C=C/c1cncc(OC)c1. The minimum atomic E-state index is 0.257. The number of likely N-dealkylation sites (N-methyl/N-ethyl adjacent to an activating group) is 1. The van der Waals surface area contributed by atoms with E-state index in [2.05, 4.69) is 27.9 Å². The van der Waals surface area contributed by atoms with E-state index in [0.29, 0.717) is 0 Å². The third kappa shape index (κ3) is 9.64. The fourth-order valence-corrected chi connectivity index (χ4v) is 2.25. The second kappa shape index (κ2) is 14.0. The summed E-state index contributed by atoms with van der Waals surface area (Å²) < 4.78 is 10.2. The van der Waals surface area contributed by atoms with E-state index in [4.69, 9.17) is 15.2 Å². The lowest BCUT2D eigenvalue weighted by Crippen LogP contribution is -2.29. The van der Waals surface area contributed by atoms with Crippen molar-refractivity contribution < 1.29 is 9.47 Å². The summed E-state index contributed by atoms with van der Waals surface area (Å²) in [5.41, 5.74) is 8.54. The molecule has 7 nitrogen and oxygen atoms in total. The largest absolute Gasteiger partial charge is 0.497 e. The average molecular weight is 400 g/mol. The van der Waals surface area contributed by atoms with Crippen molar-refractivity contribution in [2.45, 2.75) is 13.1 Å². The zero-order chi connectivity index (χ0) is 21.5. The molecule has 2 aromatic rings. The van der Waals surface area contributed by atoms with E-state index in [1.165, 1.54) is 0 Å². The number of methoxy groups -OCH3 is 2. The number of benzene rings is 1. The summed E-state index contributed by atoms with van der Waals surface area (Å²) in [6, 6.07) is 9.78. The van der Waals surface area contributed by atoms with Crippen LogP contribution in [0, 0.1) is 0 Å². The van der Waals surface area contributed by atoms with Gasteiger partial charge < -0.3 is 31.2 Å². The molecule has 1 unspecified atom stereocenters. The van der Waals surface area contributed by atoms with Crippen LogP contribution in [0.3, 0.4) is 0 Å². The van der Waals surface area contributed by atoms with Crippen molar-refractivity contribution in [3.05, 3.63) is 66.1 Å². The molecule has 158 valence electrons. The standard InChI is InChI=1S/C12H17N3O.C10H16N2O/c1-14-7-11(6-13)4-3-10-5-12(16-2)9-15-8-10;1-8(11-2)12-9-5-4-6-10(7-9)13-3/h3-6,8-9,14H,7,13H2,1-2H3;4-8,11-12H,1-3H3/b4-3+,11-6-;. The van der Waals surface area contributed by atoms with Gasteiger partial charge in [-0.1, -0.05) is 18.2 Å². The van der Waals surface area contributed by atoms with Crippen LogP contribution in [0.25, 0.3) is 6.08 Å². The van der Waals surface area contributed by atoms with Crippen LogP contribution in [0.15, 0.2) is 60.6 Å². The molecule has 0 radical (unpaired) electrons. The Morgan fingerprint density at radius 1 is 1.14 bits per heavy atom. The number of nitrogens with one attached hydrogen (secondary N) is 3. The monoisotopic (exact) mass is 399 g/mol. The van der Waals surface area contributed by atoms with Gasteiger partial charge in [0.25, 0.3) is 0 Å². The van der Waals surface area contributed by atoms with Crippen LogP contribution in [0.2, 0.25) is 0 Å². The summed E-state index contributed by atoms with van der Waals surface area (Å²) in [5, 5.41) is 9.41. The summed E-state index contributed by atoms with van der Waals surface area (Å²) in [6.45, 7) is 2.80. The van der Waals surface area contributed by atoms with Gasteiger partial charge in [-0.25, -0.2) is 0 Å². The van der Waals surface area contributed by atoms with Gasteiger partial charge in [0.05, 0.1) is 26.6 Å². The van der Waals surface area contributed by atoms with Crippen molar-refractivity contribution in [1.29, 1.82) is 0 Å². The average Bonchev–Trinajstić information content (AvgIpc) is 2.77. The maximum atomic E-state index is 5.49. The molecule has 1 aromatic carbocycles. The molecule has 0 saturated carbocycles. The molecule has 7 heteroatoms. The molecule has 0 amide bonds. The third-order valence-corrected chi connectivity index (χ3v) is 3.94. The van der Waals surface area contributed by atoms with Gasteiger partial charge in [0.1, 0.15) is 11.5 Å². The number of rotatable bonds is 9. The molecule has 0 fully saturated rings. The molecular formula is C22H33N5O2. The van der Waals surface area contributed by atoms with E-state index in [1.54, 1.807) is 32.8 Å². The summed E-state index contributed by atoms with van der Waals surface area (Å²) in [4.78, 5) is 4.06. The van der Waals surface area contributed by atoms with Gasteiger partial charge in [-0.05, 0) is 56.6 Å². The smallest absolute Gasteiger partial charge is 0.137 e. The van der Waals surface area contributed by atoms with Crippen molar-refractivity contribution in [3.8, 4) is 11.5 Å². The van der Waals surface area contributed by atoms with Crippen LogP contribution < -0.4 is 31.2 Å². The zero-order valence-corrected chi connectivity index (χ0v) is 17.9. The van der Waals surface area contributed by atoms with Crippen LogP contribution in [-0.2, 0) is 0 Å². The van der Waals surface area contributed by atoms with Gasteiger partial charge in [0.2, 0.25) is 0 Å². The molecular weight excluding hydrogens is 366 g/mol. The summed E-state index contributed by atoms with van der Waals surface area (Å²) in [7, 11) is 7.08. The second-order valence-electron chi connectivity index (χ2n) is 6.15. The number of ether oxygens (including phenoxy) is 2. The minimum Gasteiger partial charge on any atom is -0.497 e. The summed E-state index contributed by atoms with van der Waals surface area (Å²) in [6.07, 6.45) is 9.18. The maximum Gasteiger partial charge on any atom is 0.137 e. The van der Waals surface area contributed by atoms with E-state index in [9.17, 15) is 0 Å². The molecule has 2 rings (SSSR count). The number of nitrogens with zero attached hydrogens (tertiary/aromatic N) is 1. The highest BCUT2D eigenvalue weighted by Crippen LogP contribution is 2.16. The molecule has 0 spiro atoms. The fourth-order valence-electron chi connectivity index (χ4n) is 2.25. The third-order valence-electron chi connectivity index (χ3n) is 3.94. The van der Waals surface area contributed by atoms with Crippen molar-refractivity contribution >= 4 is 11.8 Å². The maximum absolute atomic E-state index is 5.49. The first-order valence-electron chi connectivity index (χ1n) is 9.36. The Morgan fingerprint density at radius 2 is 1.90 bits per heavy atom. The second-order valence-corrected chi connectivity index (χ2v) is 6.15. The lowest BCUT2D eigenvalue weighted by molar-refractivity contribution is 0.413. The van der Waals surface area contributed by atoms with Gasteiger partial charge in [-0.3, -0.25) is 4.98 Å². The van der Waals surface area contributed by atoms with Gasteiger partial charge in [0, 0.05) is 24.5 Å². The first kappa shape index (κ1) is 24.0. The molecule has 0 saturated heterocycles. The predicted octanol–water partition coefficient (Wildman–Crippen LogP) is 2.84. The van der Waals surface area contributed by atoms with E-state index >= 15 is 0 Å². The first-order valence-corrected chi connectivity index (χ1v) is 9.36. The number of hydrogen-bond acceptors (Lipinski definition) is 7. The first-order chi connectivity index (χ1) is 14.1. The fraction of sp³-hybridized carbons (Fsp3) is 0.318. The number of hydrogen-bond donors (Lipinski definition) is 4. The Hall–Kier alpha value is -3.03. The summed E-state index contributed by atoms with van der Waals surface area (Å²) >= 11 is 0. The molecule has 1 atom stereocenters. The number of anilines is 1. The van der Waals surface area contributed by atoms with Crippen LogP contribution in [0.4, 0.5) is 5.69 Å². The van der Waals surface area contributed by atoms with Crippen molar-refractivity contribution in [2.75, 3.05) is 40.2 Å². The zero-order valence-electron chi connectivity index (χ0n) is 17.9. The lowest BCUT2D eigenvalue weighted by Gasteiger charge is -2.14. The Bertz CT molecular complexity index is 777. The number of aromatic nitrogens is 1. The Labute approximate surface area is 174 Å². The van der Waals surface area contributed by atoms with E-state index < -0.39 is 0 Å². The Morgan fingerprint density at radius 3 is 2.52 bits per heavy atom. The molecule has 0 bridgehead atoms. The highest BCUT2D eigenvalue weighted by molar-refractivity contribution is 5.53. The minimum absolute atomic E-state index is 0.257. The molecule has 0 aliphatic rings. The highest BCUT2D eigenvalue weighted by atomic mass is 16.5. The lowest BCUT2D eigenvalue weighted by atomic mass is 10.2. The highest BCUT2D eigenvalue weighted by Gasteiger charge is 1.98. The van der Waals surface area contributed by atoms with Crippen molar-refractivity contribution in [1.82, 2.24) is 15.6 Å². The van der Waals surface area contributed by atoms with Gasteiger partial charge in [-0.15, -0.1) is 0 Å². The normalized spacial score (nSPS) is 12.1.